The van der Waals surface area contributed by atoms with E-state index in [1.54, 1.807) is 6.92 Å². The Labute approximate surface area is 125 Å². The molecule has 2 fully saturated rings. The van der Waals surface area contributed by atoms with Crippen LogP contribution in [0.2, 0.25) is 0 Å². The maximum absolute atomic E-state index is 11.8. The number of hydrogen-bond donors (Lipinski definition) is 0. The van der Waals surface area contributed by atoms with Gasteiger partial charge < -0.3 is 4.90 Å². The van der Waals surface area contributed by atoms with Crippen LogP contribution in [-0.2, 0) is 11.2 Å². The minimum absolute atomic E-state index is 0.262. The van der Waals surface area contributed by atoms with Gasteiger partial charge in [-0.3, -0.25) is 9.69 Å². The molecule has 0 saturated carbocycles. The quantitative estimate of drug-likeness (QED) is 0.852. The highest BCUT2D eigenvalue weighted by molar-refractivity contribution is 7.09. The van der Waals surface area contributed by atoms with Gasteiger partial charge in [0.2, 0.25) is 5.91 Å². The molecule has 1 aromatic heterocycles. The first kappa shape index (κ1) is 14.1. The lowest BCUT2D eigenvalue weighted by atomic mass is 10.0. The Hall–Kier alpha value is -0.870. The Kier molecular flexibility index (Phi) is 4.41. The summed E-state index contributed by atoms with van der Waals surface area (Å²) in [4.78, 5) is 18.0. The van der Waals surface area contributed by atoms with Crippen LogP contribution in [0, 0.1) is 0 Å². The third-order valence-electron chi connectivity index (χ3n) is 4.79. The summed E-state index contributed by atoms with van der Waals surface area (Å²) >= 11 is 1.85. The SMILES string of the molecule is CC(=O)N1CCC[C@@H]1[C@@H]1CCCN1CCc1cccs1. The van der Waals surface area contributed by atoms with Gasteiger partial charge in [0.1, 0.15) is 0 Å². The van der Waals surface area contributed by atoms with Crippen LogP contribution in [-0.4, -0.2) is 47.4 Å². The monoisotopic (exact) mass is 292 g/mol. The van der Waals surface area contributed by atoms with E-state index in [0.717, 1.165) is 19.5 Å². The molecule has 110 valence electrons. The first-order valence-electron chi connectivity index (χ1n) is 7.79. The molecule has 0 bridgehead atoms. The number of likely N-dealkylation sites (tertiary alicyclic amines) is 2. The van der Waals surface area contributed by atoms with E-state index in [9.17, 15) is 4.79 Å². The number of amides is 1. The zero-order chi connectivity index (χ0) is 13.9. The molecule has 3 rings (SSSR count). The largest absolute Gasteiger partial charge is 0.338 e. The predicted octanol–water partition coefficient (Wildman–Crippen LogP) is 2.77. The smallest absolute Gasteiger partial charge is 0.219 e. The van der Waals surface area contributed by atoms with E-state index < -0.39 is 0 Å². The van der Waals surface area contributed by atoms with E-state index in [4.69, 9.17) is 0 Å². The van der Waals surface area contributed by atoms with Crippen molar-refractivity contribution in [2.24, 2.45) is 0 Å². The Balaban J connectivity index is 1.61. The van der Waals surface area contributed by atoms with Crippen LogP contribution < -0.4 is 0 Å². The molecule has 0 radical (unpaired) electrons. The summed E-state index contributed by atoms with van der Waals surface area (Å²) in [6.07, 6.45) is 6.08. The molecule has 2 aliphatic heterocycles. The van der Waals surface area contributed by atoms with E-state index in [-0.39, 0.29) is 5.91 Å². The van der Waals surface area contributed by atoms with Crippen LogP contribution in [0.1, 0.15) is 37.5 Å². The van der Waals surface area contributed by atoms with Crippen molar-refractivity contribution < 1.29 is 4.79 Å². The summed E-state index contributed by atoms with van der Waals surface area (Å²) in [6, 6.07) is 5.43. The molecule has 4 heteroatoms. The fourth-order valence-corrected chi connectivity index (χ4v) is 4.56. The molecule has 0 aromatic carbocycles. The van der Waals surface area contributed by atoms with E-state index in [0.29, 0.717) is 12.1 Å². The summed E-state index contributed by atoms with van der Waals surface area (Å²) in [5.41, 5.74) is 0. The molecule has 2 aliphatic rings. The minimum Gasteiger partial charge on any atom is -0.338 e. The van der Waals surface area contributed by atoms with Crippen LogP contribution >= 0.6 is 11.3 Å². The van der Waals surface area contributed by atoms with Gasteiger partial charge in [0.05, 0.1) is 0 Å². The van der Waals surface area contributed by atoms with Crippen molar-refractivity contribution in [3.8, 4) is 0 Å². The second-order valence-electron chi connectivity index (χ2n) is 6.00. The zero-order valence-corrected chi connectivity index (χ0v) is 13.1. The van der Waals surface area contributed by atoms with Crippen LogP contribution in [0.25, 0.3) is 0 Å². The fourth-order valence-electron chi connectivity index (χ4n) is 3.86. The Bertz CT molecular complexity index is 445. The summed E-state index contributed by atoms with van der Waals surface area (Å²) in [5, 5.41) is 2.16. The van der Waals surface area contributed by atoms with Crippen LogP contribution in [0.5, 0.6) is 0 Å². The number of rotatable bonds is 4. The Morgan fingerprint density at radius 2 is 2.10 bits per heavy atom. The van der Waals surface area contributed by atoms with Crippen molar-refractivity contribution >= 4 is 17.2 Å². The van der Waals surface area contributed by atoms with Gasteiger partial charge in [-0.25, -0.2) is 0 Å². The molecule has 1 amide bonds. The van der Waals surface area contributed by atoms with Gasteiger partial charge >= 0.3 is 0 Å². The molecule has 3 heterocycles. The normalized spacial score (nSPS) is 27.4. The van der Waals surface area contributed by atoms with Gasteiger partial charge in [-0.1, -0.05) is 6.07 Å². The molecule has 0 spiro atoms. The third kappa shape index (κ3) is 2.91. The molecule has 2 saturated heterocycles. The van der Waals surface area contributed by atoms with Crippen molar-refractivity contribution in [2.75, 3.05) is 19.6 Å². The summed E-state index contributed by atoms with van der Waals surface area (Å²) in [6.45, 7) is 5.05. The fraction of sp³-hybridized carbons (Fsp3) is 0.688. The summed E-state index contributed by atoms with van der Waals surface area (Å²) in [7, 11) is 0. The molecule has 20 heavy (non-hydrogen) atoms. The lowest BCUT2D eigenvalue weighted by Crippen LogP contribution is -2.48. The van der Waals surface area contributed by atoms with E-state index in [2.05, 4.69) is 27.3 Å². The molecule has 0 N–H and O–H groups in total. The highest BCUT2D eigenvalue weighted by atomic mass is 32.1. The van der Waals surface area contributed by atoms with Gasteiger partial charge in [-0.2, -0.15) is 0 Å². The molecular weight excluding hydrogens is 268 g/mol. The van der Waals surface area contributed by atoms with Gasteiger partial charge in [0.15, 0.2) is 0 Å². The highest BCUT2D eigenvalue weighted by Gasteiger charge is 2.38. The lowest BCUT2D eigenvalue weighted by molar-refractivity contribution is -0.130. The van der Waals surface area contributed by atoms with Crippen LogP contribution in [0.15, 0.2) is 17.5 Å². The number of thiophene rings is 1. The minimum atomic E-state index is 0.262. The third-order valence-corrected chi connectivity index (χ3v) is 5.72. The molecular formula is C16H24N2OS. The molecule has 2 atom stereocenters. The average Bonchev–Trinajstić information content (AvgIpc) is 3.16. The van der Waals surface area contributed by atoms with Crippen molar-refractivity contribution in [1.82, 2.24) is 9.80 Å². The maximum atomic E-state index is 11.8. The molecule has 0 aliphatic carbocycles. The summed E-state index contributed by atoms with van der Waals surface area (Å²) in [5.74, 6) is 0.262. The molecule has 1 aromatic rings. The second kappa shape index (κ2) is 6.27. The zero-order valence-electron chi connectivity index (χ0n) is 12.3. The standard InChI is InChI=1S/C16H24N2OS/c1-13(19)18-10-3-7-16(18)15-6-2-9-17(15)11-8-14-5-4-12-20-14/h4-5,12,15-16H,2-3,6-11H2,1H3/t15-,16+/m0/s1. The second-order valence-corrected chi connectivity index (χ2v) is 7.03. The first-order chi connectivity index (χ1) is 9.75. The average molecular weight is 292 g/mol. The Morgan fingerprint density at radius 1 is 1.30 bits per heavy atom. The molecule has 3 nitrogen and oxygen atoms in total. The van der Waals surface area contributed by atoms with Gasteiger partial charge in [-0.05, 0) is 50.1 Å². The number of carbonyl (C=O) groups is 1. The van der Waals surface area contributed by atoms with E-state index >= 15 is 0 Å². The Morgan fingerprint density at radius 3 is 2.85 bits per heavy atom. The van der Waals surface area contributed by atoms with Crippen molar-refractivity contribution in [1.29, 1.82) is 0 Å². The number of hydrogen-bond acceptors (Lipinski definition) is 3. The summed E-state index contributed by atoms with van der Waals surface area (Å²) < 4.78 is 0. The predicted molar refractivity (Wildman–Crippen MR) is 83.0 cm³/mol. The molecule has 0 unspecified atom stereocenters. The van der Waals surface area contributed by atoms with Crippen molar-refractivity contribution in [3.05, 3.63) is 22.4 Å². The number of nitrogens with zero attached hydrogens (tertiary/aromatic N) is 2. The van der Waals surface area contributed by atoms with Crippen LogP contribution in [0.3, 0.4) is 0 Å². The first-order valence-corrected chi connectivity index (χ1v) is 8.67. The van der Waals surface area contributed by atoms with Gasteiger partial charge in [0, 0.05) is 37.0 Å². The van der Waals surface area contributed by atoms with Crippen molar-refractivity contribution in [2.45, 2.75) is 51.1 Å². The van der Waals surface area contributed by atoms with Crippen LogP contribution in [0.4, 0.5) is 0 Å². The van der Waals surface area contributed by atoms with Gasteiger partial charge in [0.25, 0.3) is 0 Å². The lowest BCUT2D eigenvalue weighted by Gasteiger charge is -2.34. The van der Waals surface area contributed by atoms with Gasteiger partial charge in [-0.15, -0.1) is 11.3 Å². The van der Waals surface area contributed by atoms with Crippen molar-refractivity contribution in [3.63, 3.8) is 0 Å². The van der Waals surface area contributed by atoms with E-state index in [1.807, 2.05) is 11.3 Å². The van der Waals surface area contributed by atoms with E-state index in [1.165, 1.54) is 37.1 Å². The number of carbonyl (C=O) groups excluding carboxylic acids is 1. The maximum Gasteiger partial charge on any atom is 0.219 e. The topological polar surface area (TPSA) is 23.6 Å². The highest BCUT2D eigenvalue weighted by Crippen LogP contribution is 2.30.